The van der Waals surface area contributed by atoms with Gasteiger partial charge in [0.15, 0.2) is 5.78 Å². The van der Waals surface area contributed by atoms with Crippen molar-refractivity contribution in [1.82, 2.24) is 0 Å². The molecule has 0 aliphatic rings. The van der Waals surface area contributed by atoms with Gasteiger partial charge in [-0.2, -0.15) is 0 Å². The number of hydrogen-bond donors (Lipinski definition) is 0. The molecule has 0 saturated carbocycles. The smallest absolute Gasteiger partial charge is 0.744 e. The van der Waals surface area contributed by atoms with Gasteiger partial charge in [0.05, 0.1) is 12.0 Å². The zero-order chi connectivity index (χ0) is 18.2. The van der Waals surface area contributed by atoms with Crippen LogP contribution in [0.1, 0.15) is 15.9 Å². The Bertz CT molecular complexity index is 1130. The molecule has 0 radical (unpaired) electrons. The van der Waals surface area contributed by atoms with E-state index in [1.807, 2.05) is 0 Å². The molecular formula is C17H11NaO7S. The maximum atomic E-state index is 12.5. The van der Waals surface area contributed by atoms with Crippen LogP contribution in [0.2, 0.25) is 0 Å². The Kier molecular flexibility index (Phi) is 6.05. The third-order valence-electron chi connectivity index (χ3n) is 3.59. The molecule has 3 rings (SSSR count). The van der Waals surface area contributed by atoms with Crippen LogP contribution in [0.4, 0.5) is 0 Å². The summed E-state index contributed by atoms with van der Waals surface area (Å²) in [6.45, 7) is 0. The molecule has 2 aromatic carbocycles. The van der Waals surface area contributed by atoms with Crippen molar-refractivity contribution in [2.45, 2.75) is 4.90 Å². The average Bonchev–Trinajstić information content (AvgIpc) is 2.59. The first-order valence-electron chi connectivity index (χ1n) is 7.02. The van der Waals surface area contributed by atoms with Crippen LogP contribution in [0, 0.1) is 0 Å². The predicted octanol–water partition coefficient (Wildman–Crippen LogP) is -1.06. The van der Waals surface area contributed by atoms with E-state index in [1.54, 1.807) is 12.1 Å². The van der Waals surface area contributed by atoms with E-state index in [9.17, 15) is 22.6 Å². The maximum Gasteiger partial charge on any atom is 1.00 e. The van der Waals surface area contributed by atoms with Crippen LogP contribution in [0.15, 0.2) is 62.6 Å². The fraction of sp³-hybridized carbons (Fsp3) is 0.0588. The molecule has 7 nitrogen and oxygen atoms in total. The van der Waals surface area contributed by atoms with Gasteiger partial charge in [-0.25, -0.2) is 13.2 Å². The zero-order valence-electron chi connectivity index (χ0n) is 13.9. The predicted molar refractivity (Wildman–Crippen MR) is 86.9 cm³/mol. The van der Waals surface area contributed by atoms with Gasteiger partial charge in [0.2, 0.25) is 0 Å². The van der Waals surface area contributed by atoms with Crippen LogP contribution >= 0.6 is 0 Å². The van der Waals surface area contributed by atoms with E-state index in [0.717, 1.165) is 12.1 Å². The summed E-state index contributed by atoms with van der Waals surface area (Å²) in [5.41, 5.74) is -0.692. The number of benzene rings is 2. The zero-order valence-corrected chi connectivity index (χ0v) is 16.7. The first-order valence-corrected chi connectivity index (χ1v) is 8.43. The summed E-state index contributed by atoms with van der Waals surface area (Å²) in [7, 11) is -3.13. The number of hydrogen-bond acceptors (Lipinski definition) is 7. The maximum absolute atomic E-state index is 12.5. The van der Waals surface area contributed by atoms with Gasteiger partial charge in [-0.15, -0.1) is 0 Å². The average molecular weight is 382 g/mol. The quantitative estimate of drug-likeness (QED) is 0.245. The normalized spacial score (nSPS) is 11.0. The van der Waals surface area contributed by atoms with Crippen molar-refractivity contribution < 1.29 is 56.5 Å². The van der Waals surface area contributed by atoms with Crippen molar-refractivity contribution in [2.75, 3.05) is 7.11 Å². The van der Waals surface area contributed by atoms with E-state index in [-0.39, 0.29) is 46.3 Å². The molecule has 0 bridgehead atoms. The second-order valence-corrected chi connectivity index (χ2v) is 6.54. The molecule has 0 amide bonds. The summed E-state index contributed by atoms with van der Waals surface area (Å²) < 4.78 is 43.0. The van der Waals surface area contributed by atoms with Crippen LogP contribution in [-0.4, -0.2) is 25.9 Å². The molecule has 0 spiro atoms. The summed E-state index contributed by atoms with van der Waals surface area (Å²) in [6.07, 6.45) is 0. The first-order chi connectivity index (χ1) is 11.8. The van der Waals surface area contributed by atoms with Crippen LogP contribution in [0.25, 0.3) is 11.0 Å². The topological polar surface area (TPSA) is 114 Å². The number of carbonyl (C=O) groups excluding carboxylic acids is 1. The Morgan fingerprint density at radius 2 is 1.73 bits per heavy atom. The van der Waals surface area contributed by atoms with Gasteiger partial charge in [-0.1, -0.05) is 0 Å². The molecule has 26 heavy (non-hydrogen) atoms. The summed E-state index contributed by atoms with van der Waals surface area (Å²) >= 11 is 0. The molecule has 0 saturated heterocycles. The van der Waals surface area contributed by atoms with Crippen molar-refractivity contribution in [1.29, 1.82) is 0 Å². The Hall–Kier alpha value is -1.97. The summed E-state index contributed by atoms with van der Waals surface area (Å²) in [5.74, 6) is -0.134. The van der Waals surface area contributed by atoms with Crippen LogP contribution in [0.5, 0.6) is 5.75 Å². The van der Waals surface area contributed by atoms with Crippen LogP contribution in [-0.2, 0) is 10.1 Å². The summed E-state index contributed by atoms with van der Waals surface area (Å²) in [5, 5.41) is 0.530. The fourth-order valence-corrected chi connectivity index (χ4v) is 2.77. The van der Waals surface area contributed by atoms with E-state index in [4.69, 9.17) is 9.15 Å². The molecule has 0 fully saturated rings. The number of carbonyl (C=O) groups is 1. The van der Waals surface area contributed by atoms with Gasteiger partial charge in [0, 0.05) is 17.0 Å². The molecule has 3 aromatic rings. The van der Waals surface area contributed by atoms with Crippen molar-refractivity contribution in [2.24, 2.45) is 0 Å². The summed E-state index contributed by atoms with van der Waals surface area (Å²) in [4.78, 5) is 24.1. The number of ketones is 1. The van der Waals surface area contributed by atoms with Crippen molar-refractivity contribution in [3.63, 3.8) is 0 Å². The monoisotopic (exact) mass is 382 g/mol. The van der Waals surface area contributed by atoms with Crippen LogP contribution in [0.3, 0.4) is 0 Å². The van der Waals surface area contributed by atoms with E-state index in [2.05, 4.69) is 0 Å². The third-order valence-corrected chi connectivity index (χ3v) is 4.44. The van der Waals surface area contributed by atoms with Gasteiger partial charge >= 0.3 is 35.2 Å². The van der Waals surface area contributed by atoms with Crippen molar-refractivity contribution >= 4 is 26.9 Å². The summed E-state index contributed by atoms with van der Waals surface area (Å²) in [6, 6.07) is 10.6. The number of ether oxygens (including phenoxy) is 1. The largest absolute Gasteiger partial charge is 1.00 e. The van der Waals surface area contributed by atoms with Crippen molar-refractivity contribution in [3.8, 4) is 5.75 Å². The van der Waals surface area contributed by atoms with E-state index in [1.165, 1.54) is 31.4 Å². The van der Waals surface area contributed by atoms with Gasteiger partial charge in [0.25, 0.3) is 0 Å². The Labute approximate surface area is 170 Å². The van der Waals surface area contributed by atoms with E-state index >= 15 is 0 Å². The minimum absolute atomic E-state index is 0. The van der Waals surface area contributed by atoms with Gasteiger partial charge in [-0.05, 0) is 42.5 Å². The second-order valence-electron chi connectivity index (χ2n) is 5.16. The molecule has 9 heteroatoms. The van der Waals surface area contributed by atoms with E-state index < -0.39 is 26.4 Å². The standard InChI is InChI=1S/C17H12O7S.Na/c1-23-12-5-2-11-8-14(17(19)24-15(11)9-12)16(18)10-3-6-13(7-4-10)25(20,21)22;/h2-9H,1H3,(H,20,21,22);/q;+1/p-1. The molecule has 1 aromatic heterocycles. The molecule has 0 aliphatic heterocycles. The minimum Gasteiger partial charge on any atom is -0.744 e. The van der Waals surface area contributed by atoms with Crippen LogP contribution < -0.4 is 39.9 Å². The molecule has 0 unspecified atom stereocenters. The second kappa shape index (κ2) is 7.73. The number of methoxy groups -OCH3 is 1. The number of fused-ring (bicyclic) bond motifs is 1. The first kappa shape index (κ1) is 20.3. The fourth-order valence-electron chi connectivity index (χ4n) is 2.31. The van der Waals surface area contributed by atoms with Gasteiger partial charge < -0.3 is 13.7 Å². The third kappa shape index (κ3) is 4.05. The SMILES string of the molecule is COc1ccc2cc(C(=O)c3ccc(S(=O)(=O)[O-])cc3)c(=O)oc2c1.[Na+]. The Morgan fingerprint density at radius 1 is 1.08 bits per heavy atom. The molecule has 0 aliphatic carbocycles. The van der Waals surface area contributed by atoms with Gasteiger partial charge in [0.1, 0.15) is 27.0 Å². The molecular weight excluding hydrogens is 371 g/mol. The molecule has 128 valence electrons. The van der Waals surface area contributed by atoms with E-state index in [0.29, 0.717) is 11.1 Å². The number of rotatable bonds is 4. The Morgan fingerprint density at radius 3 is 2.31 bits per heavy atom. The van der Waals surface area contributed by atoms with Crippen molar-refractivity contribution in [3.05, 3.63) is 70.1 Å². The minimum atomic E-state index is -4.61. The Balaban J connectivity index is 0.00000243. The molecule has 1 heterocycles. The van der Waals surface area contributed by atoms with Gasteiger partial charge in [-0.3, -0.25) is 4.79 Å². The molecule has 0 N–H and O–H groups in total. The molecule has 0 atom stereocenters.